The Morgan fingerprint density at radius 1 is 1.06 bits per heavy atom. The zero-order valence-corrected chi connectivity index (χ0v) is 18.9. The smallest absolute Gasteiger partial charge is 0.331 e. The van der Waals surface area contributed by atoms with Crippen molar-refractivity contribution in [3.05, 3.63) is 80.5 Å². The molecular weight excluding hydrogens is 420 g/mol. The van der Waals surface area contributed by atoms with Crippen molar-refractivity contribution in [1.29, 1.82) is 0 Å². The number of benzene rings is 2. The van der Waals surface area contributed by atoms with E-state index in [0.29, 0.717) is 35.7 Å². The summed E-state index contributed by atoms with van der Waals surface area (Å²) >= 11 is 0. The van der Waals surface area contributed by atoms with Crippen LogP contribution in [0, 0.1) is 0 Å². The third kappa shape index (κ3) is 4.56. The Kier molecular flexibility index (Phi) is 6.63. The van der Waals surface area contributed by atoms with Crippen LogP contribution in [-0.4, -0.2) is 36.8 Å². The van der Waals surface area contributed by atoms with Crippen molar-refractivity contribution < 1.29 is 15.0 Å². The fraction of sp³-hybridized carbons (Fsp3) is 0.423. The van der Waals surface area contributed by atoms with Crippen molar-refractivity contribution in [3.63, 3.8) is 0 Å². The molecule has 0 aliphatic heterocycles. The fourth-order valence-corrected chi connectivity index (χ4v) is 4.70. The lowest BCUT2D eigenvalue weighted by molar-refractivity contribution is -0.106. The van der Waals surface area contributed by atoms with Crippen molar-refractivity contribution in [2.24, 2.45) is 0 Å². The van der Waals surface area contributed by atoms with Gasteiger partial charge in [0.05, 0.1) is 29.2 Å². The number of carbonyl (C=O) groups excluding carboxylic acids is 1. The highest BCUT2D eigenvalue weighted by Gasteiger charge is 2.37. The van der Waals surface area contributed by atoms with Gasteiger partial charge in [-0.3, -0.25) is 18.7 Å². The maximum atomic E-state index is 13.4. The predicted molar refractivity (Wildman–Crippen MR) is 127 cm³/mol. The van der Waals surface area contributed by atoms with Gasteiger partial charge >= 0.3 is 5.69 Å². The van der Waals surface area contributed by atoms with Crippen molar-refractivity contribution in [2.75, 3.05) is 0 Å². The van der Waals surface area contributed by atoms with Crippen LogP contribution in [0.4, 0.5) is 0 Å². The lowest BCUT2D eigenvalue weighted by Crippen LogP contribution is -2.48. The number of rotatable bonds is 7. The molecule has 0 amide bonds. The summed E-state index contributed by atoms with van der Waals surface area (Å²) in [5.74, 6) is 0.0561. The number of aliphatic hydroxyl groups excluding tert-OH is 1. The van der Waals surface area contributed by atoms with Crippen LogP contribution in [0.3, 0.4) is 0 Å². The van der Waals surface area contributed by atoms with Crippen LogP contribution < -0.4 is 11.2 Å². The highest BCUT2D eigenvalue weighted by molar-refractivity contribution is 5.95. The molecule has 4 rings (SSSR count). The van der Waals surface area contributed by atoms with Gasteiger partial charge in [0.1, 0.15) is 0 Å². The number of aromatic nitrogens is 2. The van der Waals surface area contributed by atoms with E-state index in [1.54, 1.807) is 41.0 Å². The number of para-hydroxylation sites is 1. The normalized spacial score (nSPS) is 20.8. The summed E-state index contributed by atoms with van der Waals surface area (Å²) in [5.41, 5.74) is -0.147. The molecule has 1 fully saturated rings. The number of Topliss-reactive ketones (excluding diaryl/α,β-unsaturated/α-hetero) is 1. The van der Waals surface area contributed by atoms with Gasteiger partial charge in [0.15, 0.2) is 5.78 Å². The van der Waals surface area contributed by atoms with Crippen LogP contribution in [0.1, 0.15) is 61.4 Å². The second-order valence-corrected chi connectivity index (χ2v) is 8.93. The summed E-state index contributed by atoms with van der Waals surface area (Å²) in [6, 6.07) is 14.1. The van der Waals surface area contributed by atoms with E-state index in [-0.39, 0.29) is 25.3 Å². The lowest BCUT2D eigenvalue weighted by Gasteiger charge is -2.37. The van der Waals surface area contributed by atoms with Crippen molar-refractivity contribution in [3.8, 4) is 0 Å². The van der Waals surface area contributed by atoms with Gasteiger partial charge in [-0.1, -0.05) is 56.2 Å². The van der Waals surface area contributed by atoms with E-state index in [1.807, 2.05) is 19.1 Å². The Morgan fingerprint density at radius 3 is 2.48 bits per heavy atom. The largest absolute Gasteiger partial charge is 0.390 e. The average molecular weight is 451 g/mol. The van der Waals surface area contributed by atoms with Crippen LogP contribution in [0.5, 0.6) is 0 Å². The van der Waals surface area contributed by atoms with Crippen LogP contribution in [0.15, 0.2) is 58.1 Å². The van der Waals surface area contributed by atoms with Gasteiger partial charge in [-0.25, -0.2) is 4.79 Å². The number of nitrogens with zero attached hydrogens (tertiary/aromatic N) is 2. The minimum atomic E-state index is -1.29. The first kappa shape index (κ1) is 23.1. The minimum Gasteiger partial charge on any atom is -0.390 e. The first-order chi connectivity index (χ1) is 15.8. The molecule has 1 aliphatic carbocycles. The summed E-state index contributed by atoms with van der Waals surface area (Å²) in [5, 5.41) is 21.6. The van der Waals surface area contributed by atoms with Crippen LogP contribution >= 0.6 is 0 Å². The van der Waals surface area contributed by atoms with E-state index in [1.165, 1.54) is 0 Å². The second-order valence-electron chi connectivity index (χ2n) is 8.93. The number of aliphatic hydroxyl groups is 2. The summed E-state index contributed by atoms with van der Waals surface area (Å²) in [4.78, 5) is 38.5. The van der Waals surface area contributed by atoms with Gasteiger partial charge in [0, 0.05) is 18.5 Å². The molecule has 0 bridgehead atoms. The quantitative estimate of drug-likeness (QED) is 0.539. The lowest BCUT2D eigenvalue weighted by atomic mass is 9.80. The van der Waals surface area contributed by atoms with Crippen molar-refractivity contribution in [1.82, 2.24) is 9.13 Å². The third-order valence-electron chi connectivity index (χ3n) is 6.80. The molecule has 1 aromatic heterocycles. The van der Waals surface area contributed by atoms with Gasteiger partial charge in [-0.15, -0.1) is 0 Å². The zero-order valence-electron chi connectivity index (χ0n) is 18.9. The molecule has 0 saturated heterocycles. The Morgan fingerprint density at radius 2 is 1.79 bits per heavy atom. The first-order valence-electron chi connectivity index (χ1n) is 11.6. The Bertz CT molecular complexity index is 1270. The van der Waals surface area contributed by atoms with Gasteiger partial charge in [0.25, 0.3) is 5.56 Å². The number of ketones is 1. The topological polar surface area (TPSA) is 102 Å². The molecule has 0 spiro atoms. The molecule has 1 heterocycles. The summed E-state index contributed by atoms with van der Waals surface area (Å²) in [6.45, 7) is 2.08. The molecule has 33 heavy (non-hydrogen) atoms. The molecule has 2 aromatic carbocycles. The molecule has 7 heteroatoms. The fourth-order valence-electron chi connectivity index (χ4n) is 4.70. The number of hydrogen-bond donors (Lipinski definition) is 2. The molecule has 1 aliphatic rings. The molecule has 0 radical (unpaired) electrons. The maximum Gasteiger partial charge on any atom is 0.331 e. The monoisotopic (exact) mass is 450 g/mol. The molecule has 174 valence electrons. The average Bonchev–Trinajstić information content (AvgIpc) is 2.83. The number of fused-ring (bicyclic) bond motifs is 1. The van der Waals surface area contributed by atoms with Gasteiger partial charge in [0.2, 0.25) is 0 Å². The molecule has 3 aromatic rings. The molecule has 2 N–H and O–H groups in total. The van der Waals surface area contributed by atoms with E-state index < -0.39 is 23.0 Å². The number of hydrogen-bond acceptors (Lipinski definition) is 5. The van der Waals surface area contributed by atoms with Gasteiger partial charge in [-0.2, -0.15) is 0 Å². The first-order valence-corrected chi connectivity index (χ1v) is 11.6. The predicted octanol–water partition coefficient (Wildman–Crippen LogP) is 2.86. The zero-order chi connectivity index (χ0) is 23.6. The Balaban J connectivity index is 1.71. The van der Waals surface area contributed by atoms with Crippen LogP contribution in [0.2, 0.25) is 0 Å². The summed E-state index contributed by atoms with van der Waals surface area (Å²) < 4.78 is 2.71. The van der Waals surface area contributed by atoms with E-state index >= 15 is 0 Å². The number of carbonyl (C=O) groups is 1. The Hall–Kier alpha value is -3.03. The molecule has 2 atom stereocenters. The maximum absolute atomic E-state index is 13.4. The van der Waals surface area contributed by atoms with E-state index in [0.717, 1.165) is 23.0 Å². The van der Waals surface area contributed by atoms with Gasteiger partial charge in [-0.05, 0) is 37.0 Å². The Labute approximate surface area is 191 Å². The minimum absolute atomic E-state index is 0.0278. The van der Waals surface area contributed by atoms with Crippen molar-refractivity contribution in [2.45, 2.75) is 70.2 Å². The van der Waals surface area contributed by atoms with E-state index in [2.05, 4.69) is 0 Å². The highest BCUT2D eigenvalue weighted by atomic mass is 16.3. The second kappa shape index (κ2) is 9.45. The third-order valence-corrected chi connectivity index (χ3v) is 6.80. The summed E-state index contributed by atoms with van der Waals surface area (Å²) in [6.07, 6.45) is 2.34. The molecule has 2 unspecified atom stereocenters. The molecular formula is C26H30N2O5. The van der Waals surface area contributed by atoms with E-state index in [9.17, 15) is 24.6 Å². The van der Waals surface area contributed by atoms with Crippen molar-refractivity contribution >= 4 is 16.7 Å². The standard InChI is InChI=1S/C26H30N2O5/c1-2-22(29)19-12-10-18(11-13-19)17-28-21-8-4-3-7-20(21)24(31)27(25(28)32)16-15-26(33)14-6-5-9-23(26)30/h3-4,7-8,10-13,23,30,33H,2,5-6,9,14-17H2,1H3. The van der Waals surface area contributed by atoms with E-state index in [4.69, 9.17) is 0 Å². The molecule has 7 nitrogen and oxygen atoms in total. The van der Waals surface area contributed by atoms with Crippen LogP contribution in [-0.2, 0) is 13.1 Å². The summed E-state index contributed by atoms with van der Waals surface area (Å²) in [7, 11) is 0. The van der Waals surface area contributed by atoms with Gasteiger partial charge < -0.3 is 10.2 Å². The molecule has 1 saturated carbocycles. The SMILES string of the molecule is CCC(=O)c1ccc(Cn2c(=O)n(CCC3(O)CCCCC3O)c(=O)c3ccccc32)cc1. The van der Waals surface area contributed by atoms with Crippen LogP contribution in [0.25, 0.3) is 10.9 Å². The highest BCUT2D eigenvalue weighted by Crippen LogP contribution is 2.31.